The smallest absolute Gasteiger partial charge is 0.193 e. The number of guanidine groups is 1. The summed E-state index contributed by atoms with van der Waals surface area (Å²) >= 11 is 0. The first-order chi connectivity index (χ1) is 9.58. The number of piperidine rings is 1. The largest absolute Gasteiger partial charge is 0.357 e. The highest BCUT2D eigenvalue weighted by molar-refractivity contribution is 5.80. The maximum atomic E-state index is 4.82. The van der Waals surface area contributed by atoms with Crippen LogP contribution in [0.3, 0.4) is 0 Å². The minimum Gasteiger partial charge on any atom is -0.357 e. The summed E-state index contributed by atoms with van der Waals surface area (Å²) in [6.45, 7) is 17.5. The summed E-state index contributed by atoms with van der Waals surface area (Å²) in [4.78, 5) is 9.71. The molecule has 4 heteroatoms. The highest BCUT2D eigenvalue weighted by Crippen LogP contribution is 2.15. The van der Waals surface area contributed by atoms with E-state index in [4.69, 9.17) is 4.99 Å². The summed E-state index contributed by atoms with van der Waals surface area (Å²) in [6.07, 6.45) is 2.58. The third-order valence-corrected chi connectivity index (χ3v) is 4.20. The van der Waals surface area contributed by atoms with E-state index in [-0.39, 0.29) is 0 Å². The molecule has 1 aliphatic rings. The van der Waals surface area contributed by atoms with Crippen LogP contribution >= 0.6 is 0 Å². The van der Waals surface area contributed by atoms with E-state index in [1.165, 1.54) is 12.8 Å². The summed E-state index contributed by atoms with van der Waals surface area (Å²) in [5.74, 6) is 1.98. The molecular weight excluding hydrogens is 248 g/mol. The Balaban J connectivity index is 2.50. The van der Waals surface area contributed by atoms with Gasteiger partial charge < -0.3 is 10.2 Å². The summed E-state index contributed by atoms with van der Waals surface area (Å²) < 4.78 is 0. The van der Waals surface area contributed by atoms with Crippen molar-refractivity contribution < 1.29 is 0 Å². The lowest BCUT2D eigenvalue weighted by atomic mass is 10.00. The number of hydrogen-bond acceptors (Lipinski definition) is 2. The molecule has 0 aromatic heterocycles. The average Bonchev–Trinajstić information content (AvgIpc) is 2.43. The van der Waals surface area contributed by atoms with Gasteiger partial charge in [0, 0.05) is 32.2 Å². The van der Waals surface area contributed by atoms with E-state index in [1.807, 2.05) is 0 Å². The number of hydrogen-bond donors (Lipinski definition) is 1. The van der Waals surface area contributed by atoms with E-state index in [0.29, 0.717) is 6.04 Å². The molecule has 118 valence electrons. The topological polar surface area (TPSA) is 30.9 Å². The molecule has 1 saturated heterocycles. The predicted molar refractivity (Wildman–Crippen MR) is 88.3 cm³/mol. The van der Waals surface area contributed by atoms with Crippen molar-refractivity contribution in [2.75, 3.05) is 39.3 Å². The number of rotatable bonds is 6. The number of nitrogens with zero attached hydrogens (tertiary/aromatic N) is 3. The molecule has 1 N–H and O–H groups in total. The summed E-state index contributed by atoms with van der Waals surface area (Å²) in [5.41, 5.74) is 0. The Morgan fingerprint density at radius 3 is 2.45 bits per heavy atom. The van der Waals surface area contributed by atoms with Crippen molar-refractivity contribution in [1.82, 2.24) is 15.1 Å². The fraction of sp³-hybridized carbons (Fsp3) is 0.938. The molecule has 0 spiro atoms. The summed E-state index contributed by atoms with van der Waals surface area (Å²) in [7, 11) is 0. The third-order valence-electron chi connectivity index (χ3n) is 4.20. The summed E-state index contributed by atoms with van der Waals surface area (Å²) in [5, 5.41) is 3.45. The van der Waals surface area contributed by atoms with E-state index in [1.54, 1.807) is 0 Å². The Bertz CT molecular complexity index is 280. The van der Waals surface area contributed by atoms with Crippen LogP contribution < -0.4 is 5.32 Å². The van der Waals surface area contributed by atoms with E-state index in [0.717, 1.165) is 51.1 Å². The van der Waals surface area contributed by atoms with E-state index >= 15 is 0 Å². The maximum absolute atomic E-state index is 4.82. The quantitative estimate of drug-likeness (QED) is 0.599. The highest BCUT2D eigenvalue weighted by Gasteiger charge is 2.18. The zero-order valence-electron chi connectivity index (χ0n) is 14.2. The summed E-state index contributed by atoms with van der Waals surface area (Å²) in [6, 6.07) is 0.605. The Morgan fingerprint density at radius 1 is 1.30 bits per heavy atom. The molecule has 0 aromatic rings. The van der Waals surface area contributed by atoms with E-state index in [9.17, 15) is 0 Å². The molecule has 0 unspecified atom stereocenters. The molecule has 1 aliphatic heterocycles. The molecule has 0 saturated carbocycles. The SMILES string of the molecule is CCNC(=NCCN(CC)C(C)C)N1CCC(C)CC1. The van der Waals surface area contributed by atoms with Crippen molar-refractivity contribution in [3.05, 3.63) is 0 Å². The van der Waals surface area contributed by atoms with Gasteiger partial charge in [-0.2, -0.15) is 0 Å². The van der Waals surface area contributed by atoms with Crippen LogP contribution in [0.15, 0.2) is 4.99 Å². The van der Waals surface area contributed by atoms with Crippen LogP contribution in [-0.2, 0) is 0 Å². The van der Waals surface area contributed by atoms with Crippen LogP contribution in [-0.4, -0.2) is 61.1 Å². The van der Waals surface area contributed by atoms with Gasteiger partial charge in [-0.1, -0.05) is 13.8 Å². The third kappa shape index (κ3) is 5.70. The molecule has 0 bridgehead atoms. The second-order valence-corrected chi connectivity index (χ2v) is 6.13. The number of aliphatic imine (C=N–C) groups is 1. The van der Waals surface area contributed by atoms with Gasteiger partial charge >= 0.3 is 0 Å². The lowest BCUT2D eigenvalue weighted by Gasteiger charge is -2.33. The Kier molecular flexibility index (Phi) is 7.97. The van der Waals surface area contributed by atoms with Crippen molar-refractivity contribution in [3.63, 3.8) is 0 Å². The highest BCUT2D eigenvalue weighted by atomic mass is 15.3. The fourth-order valence-electron chi connectivity index (χ4n) is 2.71. The molecular formula is C16H34N4. The van der Waals surface area contributed by atoms with Gasteiger partial charge in [-0.25, -0.2) is 0 Å². The first-order valence-corrected chi connectivity index (χ1v) is 8.35. The zero-order valence-corrected chi connectivity index (χ0v) is 14.2. The van der Waals surface area contributed by atoms with Crippen molar-refractivity contribution in [1.29, 1.82) is 0 Å². The number of likely N-dealkylation sites (tertiary alicyclic amines) is 1. The zero-order chi connectivity index (χ0) is 15.0. The van der Waals surface area contributed by atoms with E-state index < -0.39 is 0 Å². The Morgan fingerprint density at radius 2 is 1.95 bits per heavy atom. The van der Waals surface area contributed by atoms with Crippen LogP contribution in [0.4, 0.5) is 0 Å². The minimum atomic E-state index is 0.605. The van der Waals surface area contributed by atoms with Crippen LogP contribution in [0.25, 0.3) is 0 Å². The van der Waals surface area contributed by atoms with Gasteiger partial charge in [0.1, 0.15) is 0 Å². The number of nitrogens with one attached hydrogen (secondary N) is 1. The molecule has 0 aliphatic carbocycles. The monoisotopic (exact) mass is 282 g/mol. The normalized spacial score (nSPS) is 18.1. The Labute approximate surface area is 125 Å². The molecule has 1 fully saturated rings. The lowest BCUT2D eigenvalue weighted by molar-refractivity contribution is 0.239. The first kappa shape index (κ1) is 17.3. The van der Waals surface area contributed by atoms with Gasteiger partial charge in [0.15, 0.2) is 5.96 Å². The van der Waals surface area contributed by atoms with Crippen molar-refractivity contribution in [2.45, 2.75) is 53.5 Å². The second-order valence-electron chi connectivity index (χ2n) is 6.13. The van der Waals surface area contributed by atoms with Crippen LogP contribution in [0.1, 0.15) is 47.5 Å². The average molecular weight is 282 g/mol. The molecule has 4 nitrogen and oxygen atoms in total. The second kappa shape index (κ2) is 9.22. The van der Waals surface area contributed by atoms with Gasteiger partial charge in [0.2, 0.25) is 0 Å². The fourth-order valence-corrected chi connectivity index (χ4v) is 2.71. The first-order valence-electron chi connectivity index (χ1n) is 8.35. The minimum absolute atomic E-state index is 0.605. The molecule has 0 aromatic carbocycles. The molecule has 1 rings (SSSR count). The van der Waals surface area contributed by atoms with Crippen LogP contribution in [0.5, 0.6) is 0 Å². The standard InChI is InChI=1S/C16H34N4/c1-6-17-16(20-11-8-15(5)9-12-20)18-10-13-19(7-2)14(3)4/h14-15H,6-13H2,1-5H3,(H,17,18). The van der Waals surface area contributed by atoms with Crippen molar-refractivity contribution in [3.8, 4) is 0 Å². The molecule has 0 amide bonds. The van der Waals surface area contributed by atoms with Gasteiger partial charge in [0.25, 0.3) is 0 Å². The molecule has 0 atom stereocenters. The van der Waals surface area contributed by atoms with Crippen LogP contribution in [0, 0.1) is 5.92 Å². The van der Waals surface area contributed by atoms with Crippen molar-refractivity contribution >= 4 is 5.96 Å². The predicted octanol–water partition coefficient (Wildman–Crippen LogP) is 2.41. The number of likely N-dealkylation sites (N-methyl/N-ethyl adjacent to an activating group) is 1. The van der Waals surface area contributed by atoms with E-state index in [2.05, 4.69) is 49.7 Å². The van der Waals surface area contributed by atoms with Crippen LogP contribution in [0.2, 0.25) is 0 Å². The van der Waals surface area contributed by atoms with Gasteiger partial charge in [0.05, 0.1) is 6.54 Å². The van der Waals surface area contributed by atoms with Crippen molar-refractivity contribution in [2.24, 2.45) is 10.9 Å². The van der Waals surface area contributed by atoms with Gasteiger partial charge in [-0.3, -0.25) is 9.89 Å². The molecule has 20 heavy (non-hydrogen) atoms. The molecule has 0 radical (unpaired) electrons. The molecule has 1 heterocycles. The lowest BCUT2D eigenvalue weighted by Crippen LogP contribution is -2.45. The maximum Gasteiger partial charge on any atom is 0.193 e. The van der Waals surface area contributed by atoms with Gasteiger partial charge in [-0.15, -0.1) is 0 Å². The Hall–Kier alpha value is -0.770. The van der Waals surface area contributed by atoms with Gasteiger partial charge in [-0.05, 0) is 46.1 Å².